The summed E-state index contributed by atoms with van der Waals surface area (Å²) in [6.07, 6.45) is 7.58. The third-order valence-electron chi connectivity index (χ3n) is 3.96. The van der Waals surface area contributed by atoms with Gasteiger partial charge in [-0.25, -0.2) is 0 Å². The fourth-order valence-corrected chi connectivity index (χ4v) is 2.58. The smallest absolute Gasteiger partial charge is 0.311 e. The molecule has 5 heteroatoms. The van der Waals surface area contributed by atoms with Crippen LogP contribution in [0.1, 0.15) is 38.4 Å². The van der Waals surface area contributed by atoms with Gasteiger partial charge in [0.15, 0.2) is 0 Å². The van der Waals surface area contributed by atoms with Crippen molar-refractivity contribution in [1.82, 2.24) is 5.32 Å². The highest BCUT2D eigenvalue weighted by Gasteiger charge is 2.43. The van der Waals surface area contributed by atoms with E-state index in [1.807, 2.05) is 0 Å². The van der Waals surface area contributed by atoms with Crippen molar-refractivity contribution >= 4 is 18.0 Å². The molecule has 2 atom stereocenters. The third kappa shape index (κ3) is 3.10. The summed E-state index contributed by atoms with van der Waals surface area (Å²) in [5.74, 6) is -0.553. The number of nitrogens with one attached hydrogen (secondary N) is 1. The molecule has 0 bridgehead atoms. The lowest BCUT2D eigenvalue weighted by atomic mass is 9.71. The maximum atomic E-state index is 11.9. The number of amides is 1. The van der Waals surface area contributed by atoms with E-state index >= 15 is 0 Å². The Bertz CT molecular complexity index is 506. The van der Waals surface area contributed by atoms with Gasteiger partial charge in [0.25, 0.3) is 0 Å². The van der Waals surface area contributed by atoms with Crippen molar-refractivity contribution in [3.05, 3.63) is 30.2 Å². The second-order valence-electron chi connectivity index (χ2n) is 5.38. The Balaban J connectivity index is 2.00. The van der Waals surface area contributed by atoms with Crippen molar-refractivity contribution in [3.63, 3.8) is 0 Å². The van der Waals surface area contributed by atoms with E-state index in [2.05, 4.69) is 5.32 Å². The molecule has 1 amide bonds. The number of carbonyl (C=O) groups excluding carboxylic acids is 1. The lowest BCUT2D eigenvalue weighted by Gasteiger charge is -2.38. The topological polar surface area (TPSA) is 79.5 Å². The molecule has 1 heterocycles. The summed E-state index contributed by atoms with van der Waals surface area (Å²) < 4.78 is 5.09. The van der Waals surface area contributed by atoms with Gasteiger partial charge in [-0.3, -0.25) is 9.59 Å². The Labute approximate surface area is 117 Å². The van der Waals surface area contributed by atoms with Crippen LogP contribution in [-0.2, 0) is 9.59 Å². The number of rotatable bonds is 4. The van der Waals surface area contributed by atoms with E-state index in [4.69, 9.17) is 4.42 Å². The predicted molar refractivity (Wildman–Crippen MR) is 73.9 cm³/mol. The van der Waals surface area contributed by atoms with Crippen LogP contribution in [0.2, 0.25) is 0 Å². The minimum atomic E-state index is -0.883. The maximum absolute atomic E-state index is 11.9. The molecule has 108 valence electrons. The van der Waals surface area contributed by atoms with E-state index in [0.717, 1.165) is 12.8 Å². The quantitative estimate of drug-likeness (QED) is 0.828. The summed E-state index contributed by atoms with van der Waals surface area (Å²) in [6.45, 7) is 1.70. The molecule has 1 fully saturated rings. The van der Waals surface area contributed by atoms with Crippen LogP contribution < -0.4 is 5.32 Å². The predicted octanol–water partition coefficient (Wildman–Crippen LogP) is 2.44. The summed E-state index contributed by atoms with van der Waals surface area (Å²) in [6, 6.07) is 3.15. The zero-order valence-electron chi connectivity index (χ0n) is 11.5. The number of furan rings is 1. The van der Waals surface area contributed by atoms with Crippen LogP contribution in [-0.4, -0.2) is 23.0 Å². The first kappa shape index (κ1) is 14.4. The van der Waals surface area contributed by atoms with Crippen molar-refractivity contribution in [3.8, 4) is 0 Å². The molecular formula is C15H19NO4. The van der Waals surface area contributed by atoms with Crippen molar-refractivity contribution < 1.29 is 19.1 Å². The van der Waals surface area contributed by atoms with Crippen molar-refractivity contribution in [2.45, 2.75) is 38.6 Å². The molecule has 1 aromatic heterocycles. The molecule has 5 nitrogen and oxygen atoms in total. The molecule has 1 saturated carbocycles. The Hall–Kier alpha value is -2.04. The number of hydrogen-bond acceptors (Lipinski definition) is 3. The molecule has 2 unspecified atom stereocenters. The van der Waals surface area contributed by atoms with Gasteiger partial charge in [-0.05, 0) is 38.0 Å². The average Bonchev–Trinajstić information content (AvgIpc) is 2.92. The molecule has 0 aromatic carbocycles. The fraction of sp³-hybridized carbons (Fsp3) is 0.467. The Morgan fingerprint density at radius 1 is 1.50 bits per heavy atom. The molecule has 2 N–H and O–H groups in total. The standard InChI is InChI=1S/C15H19NO4/c1-15(14(18)19)9-3-2-6-12(15)16-13(17)8-7-11-5-4-10-20-11/h4-5,7-8,10,12H,2-3,6,9H2,1H3,(H,16,17)(H,18,19)/b8-7+. The normalized spacial score (nSPS) is 26.6. The van der Waals surface area contributed by atoms with Gasteiger partial charge < -0.3 is 14.8 Å². The van der Waals surface area contributed by atoms with E-state index in [9.17, 15) is 14.7 Å². The van der Waals surface area contributed by atoms with Gasteiger partial charge in [-0.15, -0.1) is 0 Å². The van der Waals surface area contributed by atoms with Crippen LogP contribution in [0.4, 0.5) is 0 Å². The van der Waals surface area contributed by atoms with Crippen molar-refractivity contribution in [1.29, 1.82) is 0 Å². The van der Waals surface area contributed by atoms with Crippen LogP contribution >= 0.6 is 0 Å². The Kier molecular flexibility index (Phi) is 4.27. The number of aliphatic carboxylic acids is 1. The summed E-state index contributed by atoms with van der Waals surface area (Å²) in [5.41, 5.74) is -0.883. The van der Waals surface area contributed by atoms with Gasteiger partial charge in [0, 0.05) is 12.1 Å². The van der Waals surface area contributed by atoms with Gasteiger partial charge in [-0.2, -0.15) is 0 Å². The van der Waals surface area contributed by atoms with E-state index in [-0.39, 0.29) is 11.9 Å². The molecule has 0 radical (unpaired) electrons. The maximum Gasteiger partial charge on any atom is 0.311 e. The Morgan fingerprint density at radius 2 is 2.30 bits per heavy atom. The van der Waals surface area contributed by atoms with E-state index < -0.39 is 11.4 Å². The zero-order chi connectivity index (χ0) is 14.6. The lowest BCUT2D eigenvalue weighted by Crippen LogP contribution is -2.51. The molecule has 0 saturated heterocycles. The van der Waals surface area contributed by atoms with Gasteiger partial charge in [-0.1, -0.05) is 12.8 Å². The Morgan fingerprint density at radius 3 is 2.95 bits per heavy atom. The zero-order valence-corrected chi connectivity index (χ0v) is 11.5. The van der Waals surface area contributed by atoms with Gasteiger partial charge >= 0.3 is 5.97 Å². The molecule has 0 spiro atoms. The van der Waals surface area contributed by atoms with Crippen LogP contribution in [0.3, 0.4) is 0 Å². The molecule has 20 heavy (non-hydrogen) atoms. The first-order valence-corrected chi connectivity index (χ1v) is 6.78. The molecule has 1 aromatic rings. The van der Waals surface area contributed by atoms with Crippen LogP contribution in [0, 0.1) is 5.41 Å². The van der Waals surface area contributed by atoms with Crippen LogP contribution in [0.15, 0.2) is 28.9 Å². The highest BCUT2D eigenvalue weighted by Crippen LogP contribution is 2.36. The minimum absolute atomic E-state index is 0.291. The molecule has 0 aliphatic heterocycles. The fourth-order valence-electron chi connectivity index (χ4n) is 2.58. The SMILES string of the molecule is CC1(C(=O)O)CCCCC1NC(=O)/C=C/c1ccco1. The first-order chi connectivity index (χ1) is 9.52. The van der Waals surface area contributed by atoms with E-state index in [0.29, 0.717) is 18.6 Å². The highest BCUT2D eigenvalue weighted by molar-refractivity contribution is 5.92. The largest absolute Gasteiger partial charge is 0.481 e. The third-order valence-corrected chi connectivity index (χ3v) is 3.96. The monoisotopic (exact) mass is 277 g/mol. The minimum Gasteiger partial charge on any atom is -0.481 e. The summed E-state index contributed by atoms with van der Waals surface area (Å²) in [7, 11) is 0. The van der Waals surface area contributed by atoms with E-state index in [1.54, 1.807) is 25.1 Å². The van der Waals surface area contributed by atoms with Crippen molar-refractivity contribution in [2.75, 3.05) is 0 Å². The lowest BCUT2D eigenvalue weighted by molar-refractivity contribution is -0.151. The van der Waals surface area contributed by atoms with Gasteiger partial charge in [0.1, 0.15) is 5.76 Å². The summed E-state index contributed by atoms with van der Waals surface area (Å²) in [4.78, 5) is 23.3. The van der Waals surface area contributed by atoms with E-state index in [1.165, 1.54) is 12.3 Å². The molecule has 1 aliphatic rings. The highest BCUT2D eigenvalue weighted by atomic mass is 16.4. The number of carboxylic acid groups (broad SMARTS) is 1. The molecule has 2 rings (SSSR count). The van der Waals surface area contributed by atoms with Crippen LogP contribution in [0.5, 0.6) is 0 Å². The second kappa shape index (κ2) is 5.94. The number of carbonyl (C=O) groups is 2. The van der Waals surface area contributed by atoms with Crippen LogP contribution in [0.25, 0.3) is 6.08 Å². The number of hydrogen-bond donors (Lipinski definition) is 2. The number of carboxylic acids is 1. The first-order valence-electron chi connectivity index (χ1n) is 6.78. The van der Waals surface area contributed by atoms with Gasteiger partial charge in [0.2, 0.25) is 5.91 Å². The summed E-state index contributed by atoms with van der Waals surface area (Å²) in [5, 5.41) is 12.2. The average molecular weight is 277 g/mol. The van der Waals surface area contributed by atoms with Gasteiger partial charge in [0.05, 0.1) is 11.7 Å². The second-order valence-corrected chi connectivity index (χ2v) is 5.38. The molecular weight excluding hydrogens is 258 g/mol. The molecule has 1 aliphatic carbocycles. The van der Waals surface area contributed by atoms with Crippen molar-refractivity contribution in [2.24, 2.45) is 5.41 Å². The summed E-state index contributed by atoms with van der Waals surface area (Å²) >= 11 is 0.